The number of likely N-dealkylation sites (N-methyl/N-ethyl adjacent to an activating group) is 1. The van der Waals surface area contributed by atoms with Crippen molar-refractivity contribution in [1.82, 2.24) is 5.32 Å². The van der Waals surface area contributed by atoms with Crippen LogP contribution in [0.1, 0.15) is 26.5 Å². The Morgan fingerprint density at radius 3 is 2.40 bits per heavy atom. The number of nitrogens with one attached hydrogen (secondary N) is 1. The summed E-state index contributed by atoms with van der Waals surface area (Å²) in [4.78, 5) is 38.3. The van der Waals surface area contributed by atoms with Gasteiger partial charge in [-0.2, -0.15) is 0 Å². The highest BCUT2D eigenvalue weighted by Crippen LogP contribution is 2.20. The molecule has 0 saturated heterocycles. The summed E-state index contributed by atoms with van der Waals surface area (Å²) in [6.07, 6.45) is 1.50. The predicted molar refractivity (Wildman–Crippen MR) is 106 cm³/mol. The van der Waals surface area contributed by atoms with Crippen molar-refractivity contribution in [3.63, 3.8) is 0 Å². The van der Waals surface area contributed by atoms with Crippen LogP contribution in [0.5, 0.6) is 0 Å². The molecule has 154 valence electrons. The monoisotopic (exact) mass is 410 g/mol. The Labute approximate surface area is 172 Å². The molecule has 0 aliphatic heterocycles. The first kappa shape index (κ1) is 20.8. The molecule has 2 aromatic carbocycles. The second-order valence-corrected chi connectivity index (χ2v) is 6.29. The van der Waals surface area contributed by atoms with Crippen LogP contribution < -0.4 is 10.2 Å². The predicted octanol–water partition coefficient (Wildman–Crippen LogP) is 3.17. The van der Waals surface area contributed by atoms with E-state index in [9.17, 15) is 18.8 Å². The summed E-state index contributed by atoms with van der Waals surface area (Å²) in [5.41, 5.74) is 0.340. The standard InChI is InChI=1S/C22H19FN2O5/c1-25(20(26)14-30-22(28)16-8-2-4-10-18(16)23)19-11-5-3-9-17(19)21(27)24-13-15-7-6-12-29-15/h2-12H,13-14H2,1H3,(H,24,27). The van der Waals surface area contributed by atoms with Crippen LogP contribution in [-0.4, -0.2) is 31.4 Å². The van der Waals surface area contributed by atoms with Gasteiger partial charge in [0.05, 0.1) is 29.6 Å². The number of hydrogen-bond acceptors (Lipinski definition) is 5. The highest BCUT2D eigenvalue weighted by molar-refractivity contribution is 6.05. The van der Waals surface area contributed by atoms with E-state index in [-0.39, 0.29) is 17.7 Å². The number of para-hydroxylation sites is 1. The van der Waals surface area contributed by atoms with Gasteiger partial charge in [0.25, 0.3) is 11.8 Å². The lowest BCUT2D eigenvalue weighted by atomic mass is 10.1. The average Bonchev–Trinajstić information content (AvgIpc) is 3.29. The molecule has 30 heavy (non-hydrogen) atoms. The number of benzene rings is 2. The van der Waals surface area contributed by atoms with Gasteiger partial charge in [0.15, 0.2) is 6.61 Å². The topological polar surface area (TPSA) is 88.8 Å². The van der Waals surface area contributed by atoms with Crippen molar-refractivity contribution < 1.29 is 27.9 Å². The third-order valence-electron chi connectivity index (χ3n) is 4.31. The highest BCUT2D eigenvalue weighted by atomic mass is 19.1. The molecule has 0 bridgehead atoms. The van der Waals surface area contributed by atoms with E-state index in [1.54, 1.807) is 36.4 Å². The minimum atomic E-state index is -0.945. The number of nitrogens with zero attached hydrogens (tertiary/aromatic N) is 1. The fourth-order valence-electron chi connectivity index (χ4n) is 2.70. The van der Waals surface area contributed by atoms with E-state index in [2.05, 4.69) is 5.32 Å². The van der Waals surface area contributed by atoms with Gasteiger partial charge in [0.1, 0.15) is 11.6 Å². The smallest absolute Gasteiger partial charge is 0.341 e. The van der Waals surface area contributed by atoms with Crippen LogP contribution in [-0.2, 0) is 16.1 Å². The Hall–Kier alpha value is -3.94. The van der Waals surface area contributed by atoms with Crippen LogP contribution in [0.25, 0.3) is 0 Å². The van der Waals surface area contributed by atoms with E-state index in [0.29, 0.717) is 11.4 Å². The number of carbonyl (C=O) groups is 3. The summed E-state index contributed by atoms with van der Waals surface area (Å²) in [5.74, 6) is -2.07. The summed E-state index contributed by atoms with van der Waals surface area (Å²) in [6, 6.07) is 15.3. The Kier molecular flexibility index (Phi) is 6.59. The van der Waals surface area contributed by atoms with Gasteiger partial charge in [0.2, 0.25) is 0 Å². The van der Waals surface area contributed by atoms with Crippen LogP contribution in [0.15, 0.2) is 71.3 Å². The van der Waals surface area contributed by atoms with Gasteiger partial charge in [-0.15, -0.1) is 0 Å². The molecule has 1 heterocycles. The highest BCUT2D eigenvalue weighted by Gasteiger charge is 2.21. The molecule has 2 amide bonds. The molecule has 1 aromatic heterocycles. The van der Waals surface area contributed by atoms with E-state index in [1.807, 2.05) is 0 Å². The number of halogens is 1. The Balaban J connectivity index is 1.65. The van der Waals surface area contributed by atoms with Crippen molar-refractivity contribution in [2.75, 3.05) is 18.6 Å². The van der Waals surface area contributed by atoms with E-state index in [4.69, 9.17) is 9.15 Å². The third kappa shape index (κ3) is 4.91. The zero-order chi connectivity index (χ0) is 21.5. The van der Waals surface area contributed by atoms with Crippen molar-refractivity contribution in [3.8, 4) is 0 Å². The van der Waals surface area contributed by atoms with E-state index < -0.39 is 30.2 Å². The fourth-order valence-corrected chi connectivity index (χ4v) is 2.70. The average molecular weight is 410 g/mol. The van der Waals surface area contributed by atoms with E-state index in [1.165, 1.54) is 36.4 Å². The van der Waals surface area contributed by atoms with Gasteiger partial charge in [-0.05, 0) is 36.4 Å². The van der Waals surface area contributed by atoms with Gasteiger partial charge < -0.3 is 19.4 Å². The molecular formula is C22H19FN2O5. The lowest BCUT2D eigenvalue weighted by Crippen LogP contribution is -2.33. The summed E-state index contributed by atoms with van der Waals surface area (Å²) < 4.78 is 23.8. The maximum Gasteiger partial charge on any atom is 0.341 e. The zero-order valence-corrected chi connectivity index (χ0v) is 16.1. The number of ether oxygens (including phenoxy) is 1. The first-order valence-electron chi connectivity index (χ1n) is 9.05. The maximum atomic E-state index is 13.7. The molecule has 0 spiro atoms. The van der Waals surface area contributed by atoms with Crippen LogP contribution >= 0.6 is 0 Å². The third-order valence-corrected chi connectivity index (χ3v) is 4.31. The second kappa shape index (κ2) is 9.51. The molecule has 3 rings (SSSR count). The number of rotatable bonds is 7. The number of carbonyl (C=O) groups excluding carboxylic acids is 3. The molecule has 0 atom stereocenters. The molecule has 8 heteroatoms. The molecule has 0 saturated carbocycles. The minimum absolute atomic E-state index is 0.193. The van der Waals surface area contributed by atoms with Gasteiger partial charge in [-0.1, -0.05) is 24.3 Å². The molecule has 1 N–H and O–H groups in total. The second-order valence-electron chi connectivity index (χ2n) is 6.29. The molecule has 3 aromatic rings. The molecular weight excluding hydrogens is 391 g/mol. The number of furan rings is 1. The number of amides is 2. The lowest BCUT2D eigenvalue weighted by Gasteiger charge is -2.20. The van der Waals surface area contributed by atoms with Gasteiger partial charge in [-0.3, -0.25) is 9.59 Å². The normalized spacial score (nSPS) is 10.3. The Bertz CT molecular complexity index is 1050. The summed E-state index contributed by atoms with van der Waals surface area (Å²) in [5, 5.41) is 2.72. The largest absolute Gasteiger partial charge is 0.467 e. The van der Waals surface area contributed by atoms with Gasteiger partial charge in [-0.25, -0.2) is 9.18 Å². The van der Waals surface area contributed by atoms with Crippen molar-refractivity contribution in [1.29, 1.82) is 0 Å². The summed E-state index contributed by atoms with van der Waals surface area (Å²) in [6.45, 7) is -0.413. The van der Waals surface area contributed by atoms with Crippen molar-refractivity contribution in [3.05, 3.63) is 89.6 Å². The molecule has 7 nitrogen and oxygen atoms in total. The Morgan fingerprint density at radius 1 is 1.00 bits per heavy atom. The molecule has 0 aliphatic carbocycles. The van der Waals surface area contributed by atoms with Crippen LogP contribution in [0.4, 0.5) is 10.1 Å². The van der Waals surface area contributed by atoms with E-state index in [0.717, 1.165) is 6.07 Å². The molecule has 0 radical (unpaired) electrons. The quantitative estimate of drug-likeness (QED) is 0.605. The minimum Gasteiger partial charge on any atom is -0.467 e. The van der Waals surface area contributed by atoms with Gasteiger partial charge >= 0.3 is 5.97 Å². The van der Waals surface area contributed by atoms with Crippen molar-refractivity contribution >= 4 is 23.5 Å². The van der Waals surface area contributed by atoms with Crippen molar-refractivity contribution in [2.45, 2.75) is 6.54 Å². The molecule has 0 fully saturated rings. The van der Waals surface area contributed by atoms with E-state index >= 15 is 0 Å². The summed E-state index contributed by atoms with van der Waals surface area (Å²) in [7, 11) is 1.46. The fraction of sp³-hybridized carbons (Fsp3) is 0.136. The van der Waals surface area contributed by atoms with Crippen LogP contribution in [0.2, 0.25) is 0 Å². The van der Waals surface area contributed by atoms with Crippen LogP contribution in [0, 0.1) is 5.82 Å². The number of anilines is 1. The molecule has 0 aliphatic rings. The lowest BCUT2D eigenvalue weighted by molar-refractivity contribution is -0.121. The molecule has 0 unspecified atom stereocenters. The SMILES string of the molecule is CN(C(=O)COC(=O)c1ccccc1F)c1ccccc1C(=O)NCc1ccco1. The number of hydrogen-bond donors (Lipinski definition) is 1. The van der Waals surface area contributed by atoms with Gasteiger partial charge in [0, 0.05) is 7.05 Å². The Morgan fingerprint density at radius 2 is 1.70 bits per heavy atom. The summed E-state index contributed by atoms with van der Waals surface area (Å²) >= 11 is 0. The maximum absolute atomic E-state index is 13.7. The van der Waals surface area contributed by atoms with Crippen molar-refractivity contribution in [2.24, 2.45) is 0 Å². The first-order valence-corrected chi connectivity index (χ1v) is 9.05. The zero-order valence-electron chi connectivity index (χ0n) is 16.1. The first-order chi connectivity index (χ1) is 14.5. The van der Waals surface area contributed by atoms with Crippen LogP contribution in [0.3, 0.4) is 0 Å². The number of esters is 1.